The average Bonchev–Trinajstić information content (AvgIpc) is 2.41. The standard InChI is InChI=1S/C12H16N2O3/c15-12(13-16)11(10-4-2-1-3-5-10)14-6-8-17-9-7-14/h1-5,11,16H,6-9H2,(H,13,15). The third kappa shape index (κ3) is 2.82. The molecule has 0 bridgehead atoms. The molecule has 92 valence electrons. The molecule has 1 aromatic carbocycles. The highest BCUT2D eigenvalue weighted by Gasteiger charge is 2.28. The van der Waals surface area contributed by atoms with Crippen molar-refractivity contribution in [1.82, 2.24) is 10.4 Å². The van der Waals surface area contributed by atoms with Crippen molar-refractivity contribution in [2.24, 2.45) is 0 Å². The van der Waals surface area contributed by atoms with Crippen LogP contribution in [0.2, 0.25) is 0 Å². The lowest BCUT2D eigenvalue weighted by atomic mass is 10.0. The van der Waals surface area contributed by atoms with Crippen molar-refractivity contribution < 1.29 is 14.7 Å². The normalized spacial score (nSPS) is 18.6. The van der Waals surface area contributed by atoms with E-state index in [4.69, 9.17) is 9.94 Å². The minimum Gasteiger partial charge on any atom is -0.379 e. The third-order valence-corrected chi connectivity index (χ3v) is 2.88. The molecule has 5 nitrogen and oxygen atoms in total. The maximum Gasteiger partial charge on any atom is 0.265 e. The lowest BCUT2D eigenvalue weighted by molar-refractivity contribution is -0.137. The number of nitrogens with zero attached hydrogens (tertiary/aromatic N) is 1. The number of carbonyl (C=O) groups excluding carboxylic acids is 1. The lowest BCUT2D eigenvalue weighted by Gasteiger charge is -2.33. The number of hydrogen-bond donors (Lipinski definition) is 2. The van der Waals surface area contributed by atoms with Crippen molar-refractivity contribution in [3.05, 3.63) is 35.9 Å². The zero-order chi connectivity index (χ0) is 12.1. The summed E-state index contributed by atoms with van der Waals surface area (Å²) in [7, 11) is 0. The molecule has 1 aliphatic heterocycles. The summed E-state index contributed by atoms with van der Waals surface area (Å²) in [5.41, 5.74) is 2.62. The summed E-state index contributed by atoms with van der Waals surface area (Å²) in [6.07, 6.45) is 0. The second-order valence-corrected chi connectivity index (χ2v) is 3.94. The van der Waals surface area contributed by atoms with Crippen LogP contribution in [-0.2, 0) is 9.53 Å². The van der Waals surface area contributed by atoms with Crippen LogP contribution in [0.25, 0.3) is 0 Å². The van der Waals surface area contributed by atoms with Crippen LogP contribution in [-0.4, -0.2) is 42.3 Å². The van der Waals surface area contributed by atoms with Gasteiger partial charge in [0.25, 0.3) is 5.91 Å². The topological polar surface area (TPSA) is 61.8 Å². The molecule has 1 aromatic rings. The molecule has 1 unspecified atom stereocenters. The predicted octanol–water partition coefficient (Wildman–Crippen LogP) is 0.565. The highest BCUT2D eigenvalue weighted by atomic mass is 16.5. The van der Waals surface area contributed by atoms with Gasteiger partial charge in [0.05, 0.1) is 13.2 Å². The molecular formula is C12H16N2O3. The molecule has 1 saturated heterocycles. The second-order valence-electron chi connectivity index (χ2n) is 3.94. The molecule has 1 aliphatic rings. The number of hydroxylamine groups is 1. The highest BCUT2D eigenvalue weighted by molar-refractivity contribution is 5.82. The van der Waals surface area contributed by atoms with Crippen molar-refractivity contribution in [1.29, 1.82) is 0 Å². The molecule has 0 spiro atoms. The van der Waals surface area contributed by atoms with E-state index in [1.807, 2.05) is 35.2 Å². The van der Waals surface area contributed by atoms with Crippen LogP contribution in [0.5, 0.6) is 0 Å². The Hall–Kier alpha value is -1.43. The summed E-state index contributed by atoms with van der Waals surface area (Å²) >= 11 is 0. The number of rotatable bonds is 3. The Labute approximate surface area is 99.9 Å². The fourth-order valence-corrected chi connectivity index (χ4v) is 2.06. The SMILES string of the molecule is O=C(NO)C(c1ccccc1)N1CCOCC1. The van der Waals surface area contributed by atoms with E-state index in [1.54, 1.807) is 5.48 Å². The maximum atomic E-state index is 11.8. The number of carbonyl (C=O) groups is 1. The molecule has 2 N–H and O–H groups in total. The molecule has 1 heterocycles. The molecule has 1 fully saturated rings. The quantitative estimate of drug-likeness (QED) is 0.595. The van der Waals surface area contributed by atoms with Gasteiger partial charge in [-0.1, -0.05) is 30.3 Å². The maximum absolute atomic E-state index is 11.8. The predicted molar refractivity (Wildman–Crippen MR) is 61.5 cm³/mol. The van der Waals surface area contributed by atoms with E-state index in [0.29, 0.717) is 26.3 Å². The van der Waals surface area contributed by atoms with Gasteiger partial charge in [-0.15, -0.1) is 0 Å². The Kier molecular flexibility index (Phi) is 4.08. The van der Waals surface area contributed by atoms with E-state index in [9.17, 15) is 4.79 Å². The van der Waals surface area contributed by atoms with Crippen molar-refractivity contribution >= 4 is 5.91 Å². The largest absolute Gasteiger partial charge is 0.379 e. The molecule has 1 amide bonds. The van der Waals surface area contributed by atoms with E-state index < -0.39 is 11.9 Å². The van der Waals surface area contributed by atoms with E-state index in [2.05, 4.69) is 0 Å². The van der Waals surface area contributed by atoms with E-state index in [-0.39, 0.29) is 0 Å². The van der Waals surface area contributed by atoms with Gasteiger partial charge in [0.1, 0.15) is 6.04 Å². The Balaban J connectivity index is 2.21. The Bertz CT molecular complexity index is 363. The van der Waals surface area contributed by atoms with Crippen molar-refractivity contribution in [2.75, 3.05) is 26.3 Å². The highest BCUT2D eigenvalue weighted by Crippen LogP contribution is 2.21. The van der Waals surface area contributed by atoms with Crippen molar-refractivity contribution in [3.63, 3.8) is 0 Å². The summed E-state index contributed by atoms with van der Waals surface area (Å²) in [5, 5.41) is 8.84. The minimum absolute atomic E-state index is 0.405. The van der Waals surface area contributed by atoms with Gasteiger partial charge < -0.3 is 4.74 Å². The van der Waals surface area contributed by atoms with Gasteiger partial charge in [-0.2, -0.15) is 0 Å². The number of amides is 1. The molecule has 0 saturated carbocycles. The first-order chi connectivity index (χ1) is 8.33. The summed E-state index contributed by atoms with van der Waals surface area (Å²) in [6.45, 7) is 2.60. The Morgan fingerprint density at radius 1 is 1.29 bits per heavy atom. The monoisotopic (exact) mass is 236 g/mol. The molecule has 0 radical (unpaired) electrons. The third-order valence-electron chi connectivity index (χ3n) is 2.88. The van der Waals surface area contributed by atoms with Crippen LogP contribution in [0, 0.1) is 0 Å². The summed E-state index contributed by atoms with van der Waals surface area (Å²) in [6, 6.07) is 8.98. The number of ether oxygens (including phenoxy) is 1. The minimum atomic E-state index is -0.454. The first kappa shape index (κ1) is 12.0. The zero-order valence-corrected chi connectivity index (χ0v) is 9.50. The molecule has 1 atom stereocenters. The van der Waals surface area contributed by atoms with Crippen LogP contribution < -0.4 is 5.48 Å². The van der Waals surface area contributed by atoms with Gasteiger partial charge in [-0.25, -0.2) is 5.48 Å². The van der Waals surface area contributed by atoms with Gasteiger partial charge in [-0.3, -0.25) is 14.9 Å². The summed E-state index contributed by atoms with van der Waals surface area (Å²) in [4.78, 5) is 13.8. The number of morpholine rings is 1. The van der Waals surface area contributed by atoms with Crippen LogP contribution in [0.1, 0.15) is 11.6 Å². The molecule has 0 aliphatic carbocycles. The first-order valence-electron chi connectivity index (χ1n) is 5.63. The zero-order valence-electron chi connectivity index (χ0n) is 9.50. The van der Waals surface area contributed by atoms with E-state index >= 15 is 0 Å². The van der Waals surface area contributed by atoms with Crippen LogP contribution in [0.4, 0.5) is 0 Å². The number of benzene rings is 1. The first-order valence-corrected chi connectivity index (χ1v) is 5.63. The summed E-state index contributed by atoms with van der Waals surface area (Å²) in [5.74, 6) is -0.405. The van der Waals surface area contributed by atoms with Crippen LogP contribution in [0.3, 0.4) is 0 Å². The van der Waals surface area contributed by atoms with E-state index in [0.717, 1.165) is 5.56 Å². The van der Waals surface area contributed by atoms with Gasteiger partial charge in [0, 0.05) is 13.1 Å². The van der Waals surface area contributed by atoms with Gasteiger partial charge in [-0.05, 0) is 5.56 Å². The van der Waals surface area contributed by atoms with Crippen molar-refractivity contribution in [2.45, 2.75) is 6.04 Å². The van der Waals surface area contributed by atoms with E-state index in [1.165, 1.54) is 0 Å². The second kappa shape index (κ2) is 5.77. The summed E-state index contributed by atoms with van der Waals surface area (Å²) < 4.78 is 5.26. The number of nitrogens with one attached hydrogen (secondary N) is 1. The molecule has 0 aromatic heterocycles. The Morgan fingerprint density at radius 2 is 1.94 bits per heavy atom. The molecule has 5 heteroatoms. The number of hydrogen-bond acceptors (Lipinski definition) is 4. The fourth-order valence-electron chi connectivity index (χ4n) is 2.06. The molecule has 17 heavy (non-hydrogen) atoms. The van der Waals surface area contributed by atoms with Crippen LogP contribution >= 0.6 is 0 Å². The van der Waals surface area contributed by atoms with Gasteiger partial charge in [0.15, 0.2) is 0 Å². The van der Waals surface area contributed by atoms with Crippen LogP contribution in [0.15, 0.2) is 30.3 Å². The molecular weight excluding hydrogens is 220 g/mol. The molecule has 2 rings (SSSR count). The van der Waals surface area contributed by atoms with Gasteiger partial charge in [0.2, 0.25) is 0 Å². The smallest absolute Gasteiger partial charge is 0.265 e. The van der Waals surface area contributed by atoms with Crippen molar-refractivity contribution in [3.8, 4) is 0 Å². The lowest BCUT2D eigenvalue weighted by Crippen LogP contribution is -2.45. The van der Waals surface area contributed by atoms with Gasteiger partial charge >= 0.3 is 0 Å². The fraction of sp³-hybridized carbons (Fsp3) is 0.417. The Morgan fingerprint density at radius 3 is 2.53 bits per heavy atom. The average molecular weight is 236 g/mol.